The van der Waals surface area contributed by atoms with Crippen LogP contribution in [0.15, 0.2) is 88.2 Å². The zero-order valence-corrected chi connectivity index (χ0v) is 24.9. The van der Waals surface area contributed by atoms with Crippen molar-refractivity contribution in [3.05, 3.63) is 99.0 Å². The normalized spacial score (nSPS) is 14.3. The van der Waals surface area contributed by atoms with Crippen molar-refractivity contribution in [2.24, 2.45) is 0 Å². The Morgan fingerprint density at radius 1 is 1.02 bits per heavy atom. The molecule has 0 saturated heterocycles. The first-order chi connectivity index (χ1) is 19.6. The molecule has 3 aromatic carbocycles. The van der Waals surface area contributed by atoms with Gasteiger partial charge in [-0.05, 0) is 55.7 Å². The largest absolute Gasteiger partial charge is 0.352 e. The number of non-ortho nitro benzene ring substituents is 1. The third-order valence-corrected chi connectivity index (χ3v) is 9.33. The molecule has 4 rings (SSSR count). The molecule has 2 amide bonds. The van der Waals surface area contributed by atoms with Crippen LogP contribution in [0.1, 0.15) is 38.2 Å². The number of carbonyl (C=O) groups is 2. The number of nitro benzene ring substituents is 1. The number of hydrogen-bond acceptors (Lipinski definition) is 6. The zero-order chi connectivity index (χ0) is 29.6. The molecule has 0 unspecified atom stereocenters. The number of nitrogens with zero attached hydrogens (tertiary/aromatic N) is 3. The van der Waals surface area contributed by atoms with E-state index in [1.165, 1.54) is 35.2 Å². The predicted octanol–water partition coefficient (Wildman–Crippen LogP) is 5.03. The second kappa shape index (κ2) is 13.3. The van der Waals surface area contributed by atoms with E-state index in [0.717, 1.165) is 46.1 Å². The first-order valence-corrected chi connectivity index (χ1v) is 15.5. The van der Waals surface area contributed by atoms with Crippen molar-refractivity contribution in [1.82, 2.24) is 10.2 Å². The van der Waals surface area contributed by atoms with E-state index in [0.29, 0.717) is 0 Å². The third-order valence-electron chi connectivity index (χ3n) is 7.05. The number of rotatable bonds is 11. The summed E-state index contributed by atoms with van der Waals surface area (Å²) in [4.78, 5) is 39.4. The van der Waals surface area contributed by atoms with Gasteiger partial charge in [0.25, 0.3) is 15.7 Å². The minimum Gasteiger partial charge on any atom is -0.352 e. The highest BCUT2D eigenvalue weighted by atomic mass is 79.9. The van der Waals surface area contributed by atoms with Crippen LogP contribution in [-0.2, 0) is 26.2 Å². The van der Waals surface area contributed by atoms with Gasteiger partial charge in [0.15, 0.2) is 0 Å². The van der Waals surface area contributed by atoms with Gasteiger partial charge in [0.05, 0.1) is 15.5 Å². The summed E-state index contributed by atoms with van der Waals surface area (Å²) < 4.78 is 29.3. The average molecular weight is 644 g/mol. The Kier molecular flexibility index (Phi) is 9.77. The summed E-state index contributed by atoms with van der Waals surface area (Å²) in [6, 6.07) is 19.1. The zero-order valence-electron chi connectivity index (χ0n) is 22.5. The SMILES string of the molecule is C[C@H](C(=O)NC1CCCC1)N(Cc1cccc(Br)c1)C(=O)CN(c1cccc([N+](=O)[O-])c1)S(=O)(=O)c1ccccc1. The molecule has 3 aromatic rings. The lowest BCUT2D eigenvalue weighted by atomic mass is 10.1. The summed E-state index contributed by atoms with van der Waals surface area (Å²) in [6.07, 6.45) is 3.78. The summed E-state index contributed by atoms with van der Waals surface area (Å²) in [5.41, 5.74) is 0.376. The molecule has 0 spiro atoms. The van der Waals surface area contributed by atoms with Crippen LogP contribution in [0.25, 0.3) is 0 Å². The maximum Gasteiger partial charge on any atom is 0.271 e. The van der Waals surface area contributed by atoms with Crippen molar-refractivity contribution in [3.63, 3.8) is 0 Å². The van der Waals surface area contributed by atoms with Crippen LogP contribution in [0.3, 0.4) is 0 Å². The second-order valence-electron chi connectivity index (χ2n) is 9.92. The third kappa shape index (κ3) is 7.50. The summed E-state index contributed by atoms with van der Waals surface area (Å²) >= 11 is 3.43. The molecule has 1 aliphatic carbocycles. The van der Waals surface area contributed by atoms with Crippen LogP contribution in [0.4, 0.5) is 11.4 Å². The van der Waals surface area contributed by atoms with Gasteiger partial charge in [-0.15, -0.1) is 0 Å². The fourth-order valence-corrected chi connectivity index (χ4v) is 6.69. The molecular formula is C29H31BrN4O6S. The molecule has 0 bridgehead atoms. The van der Waals surface area contributed by atoms with E-state index in [2.05, 4.69) is 21.2 Å². The van der Waals surface area contributed by atoms with Crippen LogP contribution >= 0.6 is 15.9 Å². The van der Waals surface area contributed by atoms with E-state index >= 15 is 0 Å². The van der Waals surface area contributed by atoms with Crippen molar-refractivity contribution in [1.29, 1.82) is 0 Å². The van der Waals surface area contributed by atoms with E-state index in [-0.39, 0.29) is 34.8 Å². The molecule has 1 aliphatic rings. The minimum atomic E-state index is -4.31. The van der Waals surface area contributed by atoms with Crippen LogP contribution in [-0.4, -0.2) is 48.7 Å². The standard InChI is InChI=1S/C29H31BrN4O6S/c1-21(29(36)31-24-11-5-6-12-24)32(19-22-9-7-10-23(30)17-22)28(35)20-33(25-13-8-14-26(18-25)34(37)38)41(39,40)27-15-3-2-4-16-27/h2-4,7-10,13-18,21,24H,5-6,11-12,19-20H2,1H3,(H,31,36)/t21-/m1/s1. The molecule has 12 heteroatoms. The summed E-state index contributed by atoms with van der Waals surface area (Å²) in [5.74, 6) is -0.960. The van der Waals surface area contributed by atoms with Crippen LogP contribution in [0.2, 0.25) is 0 Å². The highest BCUT2D eigenvalue weighted by Gasteiger charge is 2.33. The first kappa shape index (κ1) is 30.2. The number of benzene rings is 3. The lowest BCUT2D eigenvalue weighted by Crippen LogP contribution is -2.52. The molecule has 1 saturated carbocycles. The highest BCUT2D eigenvalue weighted by molar-refractivity contribution is 9.10. The van der Waals surface area contributed by atoms with Gasteiger partial charge in [-0.3, -0.25) is 24.0 Å². The summed E-state index contributed by atoms with van der Waals surface area (Å²) in [6.45, 7) is 0.989. The molecule has 0 heterocycles. The average Bonchev–Trinajstić information content (AvgIpc) is 3.47. The van der Waals surface area contributed by atoms with Crippen molar-refractivity contribution >= 4 is 49.1 Å². The topological polar surface area (TPSA) is 130 Å². The number of amides is 2. The maximum atomic E-state index is 14.0. The molecular weight excluding hydrogens is 612 g/mol. The van der Waals surface area contributed by atoms with E-state index in [4.69, 9.17) is 0 Å². The van der Waals surface area contributed by atoms with E-state index in [1.54, 1.807) is 31.2 Å². The Bertz CT molecular complexity index is 1510. The molecule has 0 aromatic heterocycles. The Morgan fingerprint density at radius 2 is 1.71 bits per heavy atom. The molecule has 41 heavy (non-hydrogen) atoms. The van der Waals surface area contributed by atoms with E-state index in [1.807, 2.05) is 18.2 Å². The van der Waals surface area contributed by atoms with Gasteiger partial charge in [0.2, 0.25) is 11.8 Å². The molecule has 216 valence electrons. The Balaban J connectivity index is 1.71. The molecule has 1 N–H and O–H groups in total. The monoisotopic (exact) mass is 642 g/mol. The smallest absolute Gasteiger partial charge is 0.271 e. The van der Waals surface area contributed by atoms with Gasteiger partial charge in [0.1, 0.15) is 12.6 Å². The van der Waals surface area contributed by atoms with Gasteiger partial charge in [-0.2, -0.15) is 0 Å². The Hall–Kier alpha value is -3.77. The fourth-order valence-electron chi connectivity index (χ4n) is 4.82. The van der Waals surface area contributed by atoms with Crippen molar-refractivity contribution in [2.75, 3.05) is 10.8 Å². The Morgan fingerprint density at radius 3 is 2.37 bits per heavy atom. The van der Waals surface area contributed by atoms with Crippen molar-refractivity contribution in [3.8, 4) is 0 Å². The number of nitrogens with one attached hydrogen (secondary N) is 1. The van der Waals surface area contributed by atoms with Gasteiger partial charge in [0, 0.05) is 29.2 Å². The van der Waals surface area contributed by atoms with Crippen molar-refractivity contribution < 1.29 is 22.9 Å². The number of sulfonamides is 1. The van der Waals surface area contributed by atoms with Crippen LogP contribution in [0, 0.1) is 10.1 Å². The quantitative estimate of drug-likeness (QED) is 0.231. The van der Waals surface area contributed by atoms with Gasteiger partial charge in [-0.25, -0.2) is 8.42 Å². The number of anilines is 1. The van der Waals surface area contributed by atoms with Gasteiger partial charge in [-0.1, -0.05) is 65.2 Å². The van der Waals surface area contributed by atoms with Crippen molar-refractivity contribution in [2.45, 2.75) is 56.1 Å². The first-order valence-electron chi connectivity index (χ1n) is 13.2. The molecule has 0 radical (unpaired) electrons. The predicted molar refractivity (Wildman–Crippen MR) is 159 cm³/mol. The van der Waals surface area contributed by atoms with Crippen LogP contribution < -0.4 is 9.62 Å². The van der Waals surface area contributed by atoms with E-state index < -0.39 is 33.4 Å². The van der Waals surface area contributed by atoms with Crippen LogP contribution in [0.5, 0.6) is 0 Å². The van der Waals surface area contributed by atoms with Gasteiger partial charge < -0.3 is 10.2 Å². The minimum absolute atomic E-state index is 0.0348. The number of carbonyl (C=O) groups excluding carboxylic acids is 2. The van der Waals surface area contributed by atoms with Gasteiger partial charge >= 0.3 is 0 Å². The molecule has 1 atom stereocenters. The molecule has 0 aliphatic heterocycles. The number of nitro groups is 1. The number of halogens is 1. The molecule has 10 nitrogen and oxygen atoms in total. The Labute approximate surface area is 247 Å². The lowest BCUT2D eigenvalue weighted by molar-refractivity contribution is -0.384. The summed E-state index contributed by atoms with van der Waals surface area (Å²) in [7, 11) is -4.31. The fraction of sp³-hybridized carbons (Fsp3) is 0.310. The van der Waals surface area contributed by atoms with E-state index in [9.17, 15) is 28.1 Å². The number of hydrogen-bond donors (Lipinski definition) is 1. The highest BCUT2D eigenvalue weighted by Crippen LogP contribution is 2.28. The second-order valence-corrected chi connectivity index (χ2v) is 12.7. The lowest BCUT2D eigenvalue weighted by Gasteiger charge is -2.32. The maximum absolute atomic E-state index is 14.0. The summed E-state index contributed by atoms with van der Waals surface area (Å²) in [5, 5.41) is 14.5. The molecule has 1 fully saturated rings.